The van der Waals surface area contributed by atoms with Crippen molar-refractivity contribution < 1.29 is 19.1 Å². The van der Waals surface area contributed by atoms with Crippen LogP contribution in [0, 0.1) is 0 Å². The number of methoxy groups -OCH3 is 1. The molecule has 2 N–H and O–H groups in total. The number of amides is 2. The predicted octanol–water partition coefficient (Wildman–Crippen LogP) is 4.27. The number of carbonyl (C=O) groups excluding carboxylic acids is 2. The standard InChI is InChI=1S/C23H30N2O4/c1-3-4-5-17-29-21-13-9-19(10-14-21)23(27)25-20-11-7-18(8-12-20)22(26)24-15-6-16-28-2/h7-14H,3-6,15-17H2,1-2H3,(H,24,26)(H,25,27). The van der Waals surface area contributed by atoms with E-state index in [-0.39, 0.29) is 11.8 Å². The fourth-order valence-corrected chi connectivity index (χ4v) is 2.67. The molecule has 0 saturated carbocycles. The van der Waals surface area contributed by atoms with Gasteiger partial charge in [0.2, 0.25) is 0 Å². The lowest BCUT2D eigenvalue weighted by atomic mass is 10.1. The topological polar surface area (TPSA) is 76.7 Å². The Kier molecular flexibility index (Phi) is 9.72. The highest BCUT2D eigenvalue weighted by molar-refractivity contribution is 6.04. The number of ether oxygens (including phenoxy) is 2. The Bertz CT molecular complexity index is 757. The van der Waals surface area contributed by atoms with Crippen LogP contribution in [-0.2, 0) is 4.74 Å². The average molecular weight is 399 g/mol. The van der Waals surface area contributed by atoms with E-state index in [1.807, 2.05) is 0 Å². The number of anilines is 1. The Hall–Kier alpha value is -2.86. The fourth-order valence-electron chi connectivity index (χ4n) is 2.67. The summed E-state index contributed by atoms with van der Waals surface area (Å²) in [4.78, 5) is 24.5. The molecule has 0 spiro atoms. The molecule has 156 valence electrons. The van der Waals surface area contributed by atoms with Gasteiger partial charge in [0.1, 0.15) is 5.75 Å². The van der Waals surface area contributed by atoms with Gasteiger partial charge in [-0.1, -0.05) is 19.8 Å². The summed E-state index contributed by atoms with van der Waals surface area (Å²) in [7, 11) is 1.63. The zero-order valence-corrected chi connectivity index (χ0v) is 17.2. The van der Waals surface area contributed by atoms with E-state index in [1.54, 1.807) is 55.6 Å². The fraction of sp³-hybridized carbons (Fsp3) is 0.391. The smallest absolute Gasteiger partial charge is 0.255 e. The highest BCUT2D eigenvalue weighted by atomic mass is 16.5. The largest absolute Gasteiger partial charge is 0.494 e. The van der Waals surface area contributed by atoms with Gasteiger partial charge in [-0.15, -0.1) is 0 Å². The molecule has 29 heavy (non-hydrogen) atoms. The molecule has 6 heteroatoms. The third kappa shape index (κ3) is 7.95. The molecule has 0 radical (unpaired) electrons. The molecule has 0 atom stereocenters. The van der Waals surface area contributed by atoms with E-state index in [4.69, 9.17) is 9.47 Å². The van der Waals surface area contributed by atoms with E-state index < -0.39 is 0 Å². The lowest BCUT2D eigenvalue weighted by Gasteiger charge is -2.09. The van der Waals surface area contributed by atoms with Crippen LogP contribution in [0.1, 0.15) is 53.3 Å². The van der Waals surface area contributed by atoms with Gasteiger partial charge in [-0.2, -0.15) is 0 Å². The first kappa shape index (κ1) is 22.4. The van der Waals surface area contributed by atoms with Crippen LogP contribution in [0.25, 0.3) is 0 Å². The van der Waals surface area contributed by atoms with Gasteiger partial charge in [0.05, 0.1) is 6.61 Å². The third-order valence-corrected chi connectivity index (χ3v) is 4.35. The summed E-state index contributed by atoms with van der Waals surface area (Å²) >= 11 is 0. The van der Waals surface area contributed by atoms with Gasteiger partial charge in [-0.05, 0) is 61.4 Å². The van der Waals surface area contributed by atoms with Crippen LogP contribution in [0.2, 0.25) is 0 Å². The number of hydrogen-bond acceptors (Lipinski definition) is 4. The Morgan fingerprint density at radius 2 is 1.48 bits per heavy atom. The molecule has 0 fully saturated rings. The van der Waals surface area contributed by atoms with E-state index in [2.05, 4.69) is 17.6 Å². The van der Waals surface area contributed by atoms with Gasteiger partial charge >= 0.3 is 0 Å². The Morgan fingerprint density at radius 1 is 0.828 bits per heavy atom. The number of hydrogen-bond donors (Lipinski definition) is 2. The second-order valence-electron chi connectivity index (χ2n) is 6.71. The van der Waals surface area contributed by atoms with Crippen molar-refractivity contribution in [2.45, 2.75) is 32.6 Å². The van der Waals surface area contributed by atoms with Crippen LogP contribution in [0.5, 0.6) is 5.75 Å². The van der Waals surface area contributed by atoms with Crippen molar-refractivity contribution in [2.24, 2.45) is 0 Å². The summed E-state index contributed by atoms with van der Waals surface area (Å²) in [6.07, 6.45) is 4.09. The van der Waals surface area contributed by atoms with Crippen LogP contribution in [0.15, 0.2) is 48.5 Å². The zero-order chi connectivity index (χ0) is 20.9. The van der Waals surface area contributed by atoms with Crippen molar-refractivity contribution in [3.63, 3.8) is 0 Å². The SMILES string of the molecule is CCCCCOc1ccc(C(=O)Nc2ccc(C(=O)NCCCOC)cc2)cc1. The van der Waals surface area contributed by atoms with Crippen molar-refractivity contribution in [1.29, 1.82) is 0 Å². The quantitative estimate of drug-likeness (QED) is 0.524. The number of carbonyl (C=O) groups is 2. The lowest BCUT2D eigenvalue weighted by Crippen LogP contribution is -2.25. The van der Waals surface area contributed by atoms with Gasteiger partial charge in [0, 0.05) is 37.1 Å². The first-order valence-corrected chi connectivity index (χ1v) is 10.1. The van der Waals surface area contributed by atoms with Gasteiger partial charge in [-0.25, -0.2) is 0 Å². The van der Waals surface area contributed by atoms with Gasteiger partial charge < -0.3 is 20.1 Å². The molecule has 6 nitrogen and oxygen atoms in total. The summed E-state index contributed by atoms with van der Waals surface area (Å²) < 4.78 is 10.6. The maximum absolute atomic E-state index is 12.4. The van der Waals surface area contributed by atoms with Crippen LogP contribution in [0.3, 0.4) is 0 Å². The van der Waals surface area contributed by atoms with Crippen molar-refractivity contribution in [2.75, 3.05) is 32.2 Å². The highest BCUT2D eigenvalue weighted by Gasteiger charge is 2.08. The van der Waals surface area contributed by atoms with Crippen LogP contribution >= 0.6 is 0 Å². The molecule has 0 saturated heterocycles. The molecule has 0 aliphatic rings. The van der Waals surface area contributed by atoms with Crippen LogP contribution in [0.4, 0.5) is 5.69 Å². The van der Waals surface area contributed by atoms with Crippen LogP contribution < -0.4 is 15.4 Å². The molecule has 0 bridgehead atoms. The second-order valence-corrected chi connectivity index (χ2v) is 6.71. The minimum absolute atomic E-state index is 0.145. The molecule has 0 aromatic heterocycles. The monoisotopic (exact) mass is 398 g/mol. The molecule has 0 aliphatic heterocycles. The maximum Gasteiger partial charge on any atom is 0.255 e. The molecular formula is C23H30N2O4. The summed E-state index contributed by atoms with van der Waals surface area (Å²) in [5, 5.41) is 5.66. The molecule has 2 aromatic rings. The highest BCUT2D eigenvalue weighted by Crippen LogP contribution is 2.15. The average Bonchev–Trinajstić information content (AvgIpc) is 2.75. The molecule has 2 aromatic carbocycles. The van der Waals surface area contributed by atoms with E-state index in [9.17, 15) is 9.59 Å². The molecule has 0 aliphatic carbocycles. The molecule has 0 unspecified atom stereocenters. The second kappa shape index (κ2) is 12.6. The minimum Gasteiger partial charge on any atom is -0.494 e. The summed E-state index contributed by atoms with van der Waals surface area (Å²) in [5.74, 6) is 0.409. The third-order valence-electron chi connectivity index (χ3n) is 4.35. The predicted molar refractivity (Wildman–Crippen MR) is 115 cm³/mol. The number of rotatable bonds is 12. The first-order chi connectivity index (χ1) is 14.1. The number of benzene rings is 2. The van der Waals surface area contributed by atoms with Gasteiger partial charge in [0.15, 0.2) is 0 Å². The lowest BCUT2D eigenvalue weighted by molar-refractivity contribution is 0.0948. The van der Waals surface area contributed by atoms with E-state index in [1.165, 1.54) is 0 Å². The van der Waals surface area contributed by atoms with Crippen molar-refractivity contribution in [3.8, 4) is 5.75 Å². The Balaban J connectivity index is 1.83. The van der Waals surface area contributed by atoms with E-state index in [0.29, 0.717) is 36.6 Å². The Labute approximate surface area is 172 Å². The van der Waals surface area contributed by atoms with E-state index in [0.717, 1.165) is 31.4 Å². The van der Waals surface area contributed by atoms with E-state index >= 15 is 0 Å². The number of nitrogens with one attached hydrogen (secondary N) is 2. The van der Waals surface area contributed by atoms with Crippen molar-refractivity contribution in [3.05, 3.63) is 59.7 Å². The summed E-state index contributed by atoms with van der Waals surface area (Å²) in [5.41, 5.74) is 1.72. The zero-order valence-electron chi connectivity index (χ0n) is 17.2. The summed E-state index contributed by atoms with van der Waals surface area (Å²) in [6.45, 7) is 4.01. The summed E-state index contributed by atoms with van der Waals surface area (Å²) in [6, 6.07) is 13.9. The molecule has 0 heterocycles. The van der Waals surface area contributed by atoms with Gasteiger partial charge in [-0.3, -0.25) is 9.59 Å². The normalized spacial score (nSPS) is 10.4. The van der Waals surface area contributed by atoms with Crippen molar-refractivity contribution >= 4 is 17.5 Å². The molecule has 2 amide bonds. The van der Waals surface area contributed by atoms with Crippen molar-refractivity contribution in [1.82, 2.24) is 5.32 Å². The van der Waals surface area contributed by atoms with Gasteiger partial charge in [0.25, 0.3) is 11.8 Å². The maximum atomic E-state index is 12.4. The van der Waals surface area contributed by atoms with Crippen LogP contribution in [-0.4, -0.2) is 38.7 Å². The Morgan fingerprint density at radius 3 is 2.14 bits per heavy atom. The first-order valence-electron chi connectivity index (χ1n) is 10.1. The molecular weight excluding hydrogens is 368 g/mol. The minimum atomic E-state index is -0.209. The number of unbranched alkanes of at least 4 members (excludes halogenated alkanes) is 2. The molecule has 2 rings (SSSR count).